The highest BCUT2D eigenvalue weighted by Crippen LogP contribution is 2.34. The van der Waals surface area contributed by atoms with Crippen LogP contribution in [0.15, 0.2) is 30.3 Å². The molecule has 17 heavy (non-hydrogen) atoms. The Hall–Kier alpha value is -0.690. The van der Waals surface area contributed by atoms with Crippen LogP contribution in [0.2, 0.25) is 15.1 Å². The lowest BCUT2D eigenvalue weighted by Gasteiger charge is -2.11. The van der Waals surface area contributed by atoms with Crippen LogP contribution in [0.1, 0.15) is 11.1 Å². The summed E-state index contributed by atoms with van der Waals surface area (Å²) in [4.78, 5) is 0. The molecule has 0 aromatic heterocycles. The molecule has 3 heteroatoms. The fourth-order valence-corrected chi connectivity index (χ4v) is 2.37. The van der Waals surface area contributed by atoms with Crippen LogP contribution < -0.4 is 0 Å². The molecule has 0 atom stereocenters. The summed E-state index contributed by atoms with van der Waals surface area (Å²) in [7, 11) is 0. The summed E-state index contributed by atoms with van der Waals surface area (Å²) < 4.78 is 0. The zero-order valence-electron chi connectivity index (χ0n) is 9.52. The summed E-state index contributed by atoms with van der Waals surface area (Å²) in [5, 5.41) is 1.86. The zero-order chi connectivity index (χ0) is 12.6. The van der Waals surface area contributed by atoms with Crippen LogP contribution >= 0.6 is 34.8 Å². The van der Waals surface area contributed by atoms with Crippen LogP contribution in [0.25, 0.3) is 11.1 Å². The van der Waals surface area contributed by atoms with Gasteiger partial charge in [-0.15, -0.1) is 0 Å². The molecular weight excluding hydrogens is 275 g/mol. The van der Waals surface area contributed by atoms with Gasteiger partial charge in [-0.05, 0) is 60.4 Å². The maximum Gasteiger partial charge on any atom is 0.0598 e. The maximum atomic E-state index is 6.06. The Balaban J connectivity index is 2.68. The van der Waals surface area contributed by atoms with Gasteiger partial charge in [-0.25, -0.2) is 0 Å². The summed E-state index contributed by atoms with van der Waals surface area (Å²) in [6.45, 7) is 4.06. The van der Waals surface area contributed by atoms with Gasteiger partial charge in [-0.2, -0.15) is 0 Å². The topological polar surface area (TPSA) is 0 Å². The summed E-state index contributed by atoms with van der Waals surface area (Å²) in [5.74, 6) is 0. The number of aryl methyl sites for hydroxylation is 2. The molecule has 0 spiro atoms. The maximum absolute atomic E-state index is 6.06. The SMILES string of the molecule is Cc1ccc(Cl)cc1-c1cc(Cl)c(Cl)cc1C. The van der Waals surface area contributed by atoms with Gasteiger partial charge in [-0.1, -0.05) is 40.9 Å². The molecule has 0 bridgehead atoms. The molecule has 0 aliphatic rings. The number of rotatable bonds is 1. The molecule has 0 aliphatic carbocycles. The highest BCUT2D eigenvalue weighted by molar-refractivity contribution is 6.42. The van der Waals surface area contributed by atoms with Crippen molar-refractivity contribution in [3.63, 3.8) is 0 Å². The average molecular weight is 286 g/mol. The molecule has 0 heterocycles. The fraction of sp³-hybridized carbons (Fsp3) is 0.143. The van der Waals surface area contributed by atoms with Crippen molar-refractivity contribution in [1.82, 2.24) is 0 Å². The van der Waals surface area contributed by atoms with E-state index in [0.29, 0.717) is 10.0 Å². The van der Waals surface area contributed by atoms with Gasteiger partial charge in [0.1, 0.15) is 0 Å². The van der Waals surface area contributed by atoms with E-state index < -0.39 is 0 Å². The monoisotopic (exact) mass is 284 g/mol. The highest BCUT2D eigenvalue weighted by Gasteiger charge is 2.09. The Morgan fingerprint density at radius 1 is 0.706 bits per heavy atom. The quantitative estimate of drug-likeness (QED) is 0.609. The largest absolute Gasteiger partial charge is 0.0843 e. The van der Waals surface area contributed by atoms with Crippen LogP contribution in [0.4, 0.5) is 0 Å². The predicted molar refractivity (Wildman–Crippen MR) is 76.4 cm³/mol. The van der Waals surface area contributed by atoms with Crippen molar-refractivity contribution in [2.24, 2.45) is 0 Å². The van der Waals surface area contributed by atoms with Crippen LogP contribution in [-0.4, -0.2) is 0 Å². The standard InChI is InChI=1S/C14H11Cl3/c1-8-3-4-10(15)6-11(8)12-7-14(17)13(16)5-9(12)2/h3-7H,1-2H3. The normalized spacial score (nSPS) is 10.6. The molecule has 0 saturated heterocycles. The lowest BCUT2D eigenvalue weighted by Crippen LogP contribution is -1.88. The first-order valence-corrected chi connectivity index (χ1v) is 6.34. The van der Waals surface area contributed by atoms with E-state index in [1.54, 1.807) is 0 Å². The van der Waals surface area contributed by atoms with Crippen molar-refractivity contribution >= 4 is 34.8 Å². The number of hydrogen-bond acceptors (Lipinski definition) is 0. The van der Waals surface area contributed by atoms with Crippen LogP contribution in [0.3, 0.4) is 0 Å². The second-order valence-electron chi connectivity index (χ2n) is 4.04. The van der Waals surface area contributed by atoms with E-state index in [9.17, 15) is 0 Å². The molecule has 0 amide bonds. The van der Waals surface area contributed by atoms with Gasteiger partial charge in [0.25, 0.3) is 0 Å². The van der Waals surface area contributed by atoms with Crippen molar-refractivity contribution in [1.29, 1.82) is 0 Å². The summed E-state index contributed by atoms with van der Waals surface area (Å²) in [6, 6.07) is 9.59. The molecule has 88 valence electrons. The Kier molecular flexibility index (Phi) is 3.67. The third kappa shape index (κ3) is 2.60. The number of hydrogen-bond donors (Lipinski definition) is 0. The summed E-state index contributed by atoms with van der Waals surface area (Å²) in [6.07, 6.45) is 0. The van der Waals surface area contributed by atoms with Crippen molar-refractivity contribution in [3.05, 3.63) is 56.5 Å². The zero-order valence-corrected chi connectivity index (χ0v) is 11.8. The lowest BCUT2D eigenvalue weighted by molar-refractivity contribution is 1.41. The smallest absolute Gasteiger partial charge is 0.0598 e. The first kappa shape index (κ1) is 12.8. The van der Waals surface area contributed by atoms with E-state index in [0.717, 1.165) is 27.3 Å². The molecule has 0 fully saturated rings. The number of halogens is 3. The Morgan fingerprint density at radius 3 is 2.00 bits per heavy atom. The van der Waals surface area contributed by atoms with Gasteiger partial charge in [-0.3, -0.25) is 0 Å². The summed E-state index contributed by atoms with van der Waals surface area (Å²) >= 11 is 18.1. The van der Waals surface area contributed by atoms with E-state index in [2.05, 4.69) is 0 Å². The first-order chi connectivity index (χ1) is 7.99. The van der Waals surface area contributed by atoms with E-state index >= 15 is 0 Å². The van der Waals surface area contributed by atoms with Gasteiger partial charge in [0.15, 0.2) is 0 Å². The molecular formula is C14H11Cl3. The molecule has 0 unspecified atom stereocenters. The number of benzene rings is 2. The minimum Gasteiger partial charge on any atom is -0.0843 e. The van der Waals surface area contributed by atoms with Gasteiger partial charge in [0.05, 0.1) is 10.0 Å². The van der Waals surface area contributed by atoms with E-state index in [1.807, 2.05) is 44.2 Å². The van der Waals surface area contributed by atoms with E-state index in [4.69, 9.17) is 34.8 Å². The molecule has 2 aromatic rings. The van der Waals surface area contributed by atoms with Crippen LogP contribution in [0.5, 0.6) is 0 Å². The Morgan fingerprint density at radius 2 is 1.29 bits per heavy atom. The molecule has 0 saturated carbocycles. The van der Waals surface area contributed by atoms with E-state index in [-0.39, 0.29) is 0 Å². The molecule has 0 radical (unpaired) electrons. The summed E-state index contributed by atoms with van der Waals surface area (Å²) in [5.41, 5.74) is 4.41. The van der Waals surface area contributed by atoms with Crippen LogP contribution in [0, 0.1) is 13.8 Å². The Bertz CT molecular complexity index is 574. The molecule has 2 aromatic carbocycles. The molecule has 2 rings (SSSR count). The third-order valence-corrected chi connectivity index (χ3v) is 3.71. The third-order valence-electron chi connectivity index (χ3n) is 2.76. The minimum absolute atomic E-state index is 0.562. The van der Waals surface area contributed by atoms with Gasteiger partial charge in [0.2, 0.25) is 0 Å². The average Bonchev–Trinajstić information content (AvgIpc) is 2.27. The predicted octanol–water partition coefficient (Wildman–Crippen LogP) is 5.93. The Labute approximate surface area is 116 Å². The second-order valence-corrected chi connectivity index (χ2v) is 5.29. The van der Waals surface area contributed by atoms with Crippen LogP contribution in [-0.2, 0) is 0 Å². The molecule has 0 nitrogen and oxygen atoms in total. The van der Waals surface area contributed by atoms with Crippen molar-refractivity contribution in [3.8, 4) is 11.1 Å². The van der Waals surface area contributed by atoms with Crippen molar-refractivity contribution in [2.45, 2.75) is 13.8 Å². The van der Waals surface area contributed by atoms with Crippen molar-refractivity contribution < 1.29 is 0 Å². The van der Waals surface area contributed by atoms with Crippen molar-refractivity contribution in [2.75, 3.05) is 0 Å². The van der Waals surface area contributed by atoms with Gasteiger partial charge < -0.3 is 0 Å². The lowest BCUT2D eigenvalue weighted by atomic mass is 9.97. The first-order valence-electron chi connectivity index (χ1n) is 5.21. The molecule has 0 N–H and O–H groups in total. The minimum atomic E-state index is 0.562. The second kappa shape index (κ2) is 4.89. The van der Waals surface area contributed by atoms with Gasteiger partial charge in [0, 0.05) is 5.02 Å². The highest BCUT2D eigenvalue weighted by atomic mass is 35.5. The molecule has 0 aliphatic heterocycles. The van der Waals surface area contributed by atoms with Gasteiger partial charge >= 0.3 is 0 Å². The fourth-order valence-electron chi connectivity index (χ4n) is 1.82. The van der Waals surface area contributed by atoms with E-state index in [1.165, 1.54) is 0 Å².